The van der Waals surface area contributed by atoms with Crippen LogP contribution in [-0.2, 0) is 22.7 Å². The Hall–Kier alpha value is -3.03. The van der Waals surface area contributed by atoms with E-state index in [9.17, 15) is 4.79 Å². The zero-order valence-corrected chi connectivity index (χ0v) is 16.3. The van der Waals surface area contributed by atoms with Crippen molar-refractivity contribution in [2.24, 2.45) is 0 Å². The molecule has 28 heavy (non-hydrogen) atoms. The molecule has 0 atom stereocenters. The highest BCUT2D eigenvalue weighted by atomic mass is 32.1. The number of carbonyl (C=O) groups is 1. The quantitative estimate of drug-likeness (QED) is 0.439. The number of benzene rings is 1. The molecule has 4 aromatic rings. The molecule has 0 amide bonds. The van der Waals surface area contributed by atoms with Crippen LogP contribution < -0.4 is 0 Å². The third kappa shape index (κ3) is 3.54. The average molecular weight is 394 g/mol. The molecule has 0 fully saturated rings. The van der Waals surface area contributed by atoms with E-state index in [0.29, 0.717) is 22.8 Å². The molecule has 0 radical (unpaired) electrons. The Labute approximate surface area is 165 Å². The van der Waals surface area contributed by atoms with E-state index in [-0.39, 0.29) is 13.2 Å². The van der Waals surface area contributed by atoms with E-state index in [1.54, 1.807) is 7.11 Å². The normalized spacial score (nSPS) is 11.1. The first kappa shape index (κ1) is 18.3. The van der Waals surface area contributed by atoms with Crippen LogP contribution in [0.4, 0.5) is 0 Å². The lowest BCUT2D eigenvalue weighted by Crippen LogP contribution is -2.13. The summed E-state index contributed by atoms with van der Waals surface area (Å²) in [5.41, 5.74) is 3.19. The highest BCUT2D eigenvalue weighted by Gasteiger charge is 2.20. The highest BCUT2D eigenvalue weighted by Crippen LogP contribution is 2.26. The maximum absolute atomic E-state index is 12.8. The Balaban J connectivity index is 1.58. The van der Waals surface area contributed by atoms with Gasteiger partial charge in [0.05, 0.1) is 28.3 Å². The molecule has 1 aromatic carbocycles. The second kappa shape index (κ2) is 7.92. The van der Waals surface area contributed by atoms with E-state index in [0.717, 1.165) is 21.3 Å². The zero-order valence-electron chi connectivity index (χ0n) is 15.5. The number of para-hydroxylation sites is 1. The maximum atomic E-state index is 12.8. The monoisotopic (exact) mass is 394 g/mol. The first-order valence-corrected chi connectivity index (χ1v) is 9.58. The highest BCUT2D eigenvalue weighted by molar-refractivity contribution is 7.13. The molecule has 7 heteroatoms. The van der Waals surface area contributed by atoms with Gasteiger partial charge >= 0.3 is 5.97 Å². The molecule has 0 saturated carbocycles. The second-order valence-electron chi connectivity index (χ2n) is 6.21. The van der Waals surface area contributed by atoms with Crippen molar-refractivity contribution in [3.63, 3.8) is 0 Å². The van der Waals surface area contributed by atoms with Gasteiger partial charge in [0.2, 0.25) is 5.89 Å². The lowest BCUT2D eigenvalue weighted by Gasteiger charge is -2.13. The van der Waals surface area contributed by atoms with Gasteiger partial charge in [-0.2, -0.15) is 0 Å². The fourth-order valence-electron chi connectivity index (χ4n) is 3.05. The van der Waals surface area contributed by atoms with Crippen molar-refractivity contribution in [3.8, 4) is 10.8 Å². The average Bonchev–Trinajstić information content (AvgIpc) is 3.38. The van der Waals surface area contributed by atoms with E-state index in [1.807, 2.05) is 48.7 Å². The van der Waals surface area contributed by atoms with Crippen LogP contribution in [0.25, 0.3) is 21.7 Å². The number of fused-ring (bicyclic) bond motifs is 1. The van der Waals surface area contributed by atoms with Gasteiger partial charge in [-0.25, -0.2) is 14.8 Å². The van der Waals surface area contributed by atoms with Crippen LogP contribution in [0.15, 0.2) is 52.5 Å². The third-order valence-electron chi connectivity index (χ3n) is 4.35. The predicted octanol–water partition coefficient (Wildman–Crippen LogP) is 4.76. The van der Waals surface area contributed by atoms with Crippen LogP contribution in [0.2, 0.25) is 0 Å². The van der Waals surface area contributed by atoms with Gasteiger partial charge in [-0.1, -0.05) is 24.3 Å². The van der Waals surface area contributed by atoms with Crippen molar-refractivity contribution in [2.75, 3.05) is 7.11 Å². The largest absolute Gasteiger partial charge is 0.455 e. The van der Waals surface area contributed by atoms with Crippen molar-refractivity contribution in [1.82, 2.24) is 9.97 Å². The Morgan fingerprint density at radius 1 is 1.14 bits per heavy atom. The molecule has 0 bridgehead atoms. The first-order valence-electron chi connectivity index (χ1n) is 8.70. The molecular weight excluding hydrogens is 376 g/mol. The molecule has 0 saturated heterocycles. The number of pyridine rings is 1. The lowest BCUT2D eigenvalue weighted by molar-refractivity contribution is 0.0461. The number of thiophene rings is 1. The van der Waals surface area contributed by atoms with Crippen LogP contribution >= 0.6 is 11.3 Å². The van der Waals surface area contributed by atoms with Crippen molar-refractivity contribution in [2.45, 2.75) is 20.1 Å². The molecule has 0 aliphatic carbocycles. The fraction of sp³-hybridized carbons (Fsp3) is 0.190. The minimum absolute atomic E-state index is 0.0202. The summed E-state index contributed by atoms with van der Waals surface area (Å²) in [5.74, 6) is 0.0631. The minimum Gasteiger partial charge on any atom is -0.455 e. The van der Waals surface area contributed by atoms with Gasteiger partial charge in [0.1, 0.15) is 18.6 Å². The summed E-state index contributed by atoms with van der Waals surface area (Å²) in [6.07, 6.45) is 1.50. The van der Waals surface area contributed by atoms with Gasteiger partial charge in [-0.15, -0.1) is 11.3 Å². The Morgan fingerprint density at radius 2 is 2.00 bits per heavy atom. The number of rotatable bonds is 6. The summed E-state index contributed by atoms with van der Waals surface area (Å²) in [5, 5.41) is 2.86. The van der Waals surface area contributed by atoms with E-state index < -0.39 is 5.97 Å². The standard InChI is InChI=1S/C21H18N2O4S/c1-13-15-6-3-4-7-16(15)23-17(12-25-2)19(13)21(24)27-11-14-10-26-20(22-14)18-8-5-9-28-18/h3-10H,11-12H2,1-2H3. The molecule has 0 aliphatic rings. The van der Waals surface area contributed by atoms with Crippen molar-refractivity contribution < 1.29 is 18.7 Å². The van der Waals surface area contributed by atoms with Gasteiger partial charge in [-0.3, -0.25) is 0 Å². The van der Waals surface area contributed by atoms with Crippen LogP contribution in [-0.4, -0.2) is 23.0 Å². The number of ether oxygens (including phenoxy) is 2. The molecule has 4 rings (SSSR count). The zero-order chi connectivity index (χ0) is 19.5. The molecule has 0 unspecified atom stereocenters. The smallest absolute Gasteiger partial charge is 0.340 e. The van der Waals surface area contributed by atoms with Crippen molar-refractivity contribution >= 4 is 28.2 Å². The predicted molar refractivity (Wildman–Crippen MR) is 106 cm³/mol. The van der Waals surface area contributed by atoms with Crippen LogP contribution in [0.1, 0.15) is 27.3 Å². The summed E-state index contributed by atoms with van der Waals surface area (Å²) in [4.78, 5) is 22.7. The number of carbonyl (C=O) groups excluding carboxylic acids is 1. The first-order chi connectivity index (χ1) is 13.7. The number of esters is 1. The number of methoxy groups -OCH3 is 1. The fourth-order valence-corrected chi connectivity index (χ4v) is 3.71. The molecule has 0 spiro atoms. The van der Waals surface area contributed by atoms with Crippen molar-refractivity contribution in [1.29, 1.82) is 0 Å². The molecule has 0 N–H and O–H groups in total. The lowest BCUT2D eigenvalue weighted by atomic mass is 10.0. The molecular formula is C21H18N2O4S. The second-order valence-corrected chi connectivity index (χ2v) is 7.15. The summed E-state index contributed by atoms with van der Waals surface area (Å²) in [7, 11) is 1.57. The number of hydrogen-bond acceptors (Lipinski definition) is 7. The molecule has 0 aliphatic heterocycles. The topological polar surface area (TPSA) is 74.5 Å². The summed E-state index contributed by atoms with van der Waals surface area (Å²) >= 11 is 1.53. The Morgan fingerprint density at radius 3 is 2.79 bits per heavy atom. The summed E-state index contributed by atoms with van der Waals surface area (Å²) < 4.78 is 16.2. The van der Waals surface area contributed by atoms with Crippen LogP contribution in [0, 0.1) is 6.92 Å². The van der Waals surface area contributed by atoms with E-state index >= 15 is 0 Å². The van der Waals surface area contributed by atoms with Gasteiger partial charge < -0.3 is 13.9 Å². The number of hydrogen-bond donors (Lipinski definition) is 0. The Kier molecular flexibility index (Phi) is 5.18. The van der Waals surface area contributed by atoms with E-state index in [1.165, 1.54) is 17.6 Å². The number of nitrogens with zero attached hydrogens (tertiary/aromatic N) is 2. The van der Waals surface area contributed by atoms with E-state index in [2.05, 4.69) is 9.97 Å². The molecule has 3 heterocycles. The summed E-state index contributed by atoms with van der Waals surface area (Å²) in [6, 6.07) is 11.5. The van der Waals surface area contributed by atoms with Crippen molar-refractivity contribution in [3.05, 3.63) is 70.6 Å². The SMILES string of the molecule is COCc1nc2ccccc2c(C)c1C(=O)OCc1coc(-c2cccs2)n1. The minimum atomic E-state index is -0.455. The third-order valence-corrected chi connectivity index (χ3v) is 5.20. The number of oxazole rings is 1. The van der Waals surface area contributed by atoms with Gasteiger partial charge in [-0.05, 0) is 30.0 Å². The maximum Gasteiger partial charge on any atom is 0.340 e. The van der Waals surface area contributed by atoms with Gasteiger partial charge in [0, 0.05) is 12.5 Å². The van der Waals surface area contributed by atoms with Crippen LogP contribution in [0.5, 0.6) is 0 Å². The van der Waals surface area contributed by atoms with E-state index in [4.69, 9.17) is 13.9 Å². The van der Waals surface area contributed by atoms with Gasteiger partial charge in [0.15, 0.2) is 0 Å². The molecule has 3 aromatic heterocycles. The summed E-state index contributed by atoms with van der Waals surface area (Å²) in [6.45, 7) is 2.14. The molecule has 6 nitrogen and oxygen atoms in total. The van der Waals surface area contributed by atoms with Gasteiger partial charge in [0.25, 0.3) is 0 Å². The van der Waals surface area contributed by atoms with Crippen LogP contribution in [0.3, 0.4) is 0 Å². The number of aromatic nitrogens is 2. The molecule has 142 valence electrons. The number of aryl methyl sites for hydroxylation is 1. The Bertz CT molecular complexity index is 1120.